The van der Waals surface area contributed by atoms with E-state index < -0.39 is 11.0 Å². The highest BCUT2D eigenvalue weighted by molar-refractivity contribution is 5.95. The molecular weight excluding hydrogens is 286 g/mol. The molecule has 0 saturated carbocycles. The quantitative estimate of drug-likeness (QED) is 0.650. The van der Waals surface area contributed by atoms with Gasteiger partial charge >= 0.3 is 0 Å². The molecule has 1 aromatic carbocycles. The number of hydrogen-bond donors (Lipinski definition) is 2. The number of aliphatic hydroxyl groups excluding tert-OH is 1. The first-order valence-corrected chi connectivity index (χ1v) is 7.37. The number of nitro groups is 1. The fourth-order valence-corrected chi connectivity index (χ4v) is 2.85. The summed E-state index contributed by atoms with van der Waals surface area (Å²) in [5, 5.41) is 23.6. The largest absolute Gasteiger partial charge is 0.393 e. The van der Waals surface area contributed by atoms with Crippen LogP contribution in [-0.2, 0) is 0 Å². The molecule has 1 fully saturated rings. The van der Waals surface area contributed by atoms with Crippen molar-refractivity contribution in [2.45, 2.75) is 25.9 Å². The number of nitrogens with zero attached hydrogens (tertiary/aromatic N) is 2. The van der Waals surface area contributed by atoms with Crippen molar-refractivity contribution < 1.29 is 14.8 Å². The number of nitrogens with one attached hydrogen (secondary N) is 1. The van der Waals surface area contributed by atoms with E-state index in [1.165, 1.54) is 13.1 Å². The predicted molar refractivity (Wildman–Crippen MR) is 83.1 cm³/mol. The zero-order valence-corrected chi connectivity index (χ0v) is 12.8. The van der Waals surface area contributed by atoms with Gasteiger partial charge in [0.05, 0.1) is 11.0 Å². The average molecular weight is 307 g/mol. The van der Waals surface area contributed by atoms with Gasteiger partial charge in [-0.15, -0.1) is 0 Å². The number of nitro benzene ring substituents is 1. The molecule has 7 nitrogen and oxygen atoms in total. The van der Waals surface area contributed by atoms with Gasteiger partial charge in [-0.25, -0.2) is 0 Å². The third kappa shape index (κ3) is 3.36. The normalized spacial score (nSPS) is 19.6. The molecule has 7 heteroatoms. The Morgan fingerprint density at radius 3 is 2.86 bits per heavy atom. The molecule has 1 saturated heterocycles. The highest BCUT2D eigenvalue weighted by atomic mass is 16.6. The van der Waals surface area contributed by atoms with Gasteiger partial charge in [0.2, 0.25) is 0 Å². The van der Waals surface area contributed by atoms with E-state index in [0.717, 1.165) is 12.8 Å². The summed E-state index contributed by atoms with van der Waals surface area (Å²) in [6.45, 7) is 3.04. The summed E-state index contributed by atoms with van der Waals surface area (Å²) in [7, 11) is 1.49. The SMILES string of the molecule is CNC(=O)c1ccc(N2CCCC(C(C)O)C2)c([N+](=O)[O-])c1. The number of carbonyl (C=O) groups is 1. The number of hydrogen-bond acceptors (Lipinski definition) is 5. The van der Waals surface area contributed by atoms with E-state index in [-0.39, 0.29) is 23.1 Å². The zero-order chi connectivity index (χ0) is 16.3. The number of rotatable bonds is 4. The number of anilines is 1. The highest BCUT2D eigenvalue weighted by Gasteiger charge is 2.28. The fraction of sp³-hybridized carbons (Fsp3) is 0.533. The third-order valence-electron chi connectivity index (χ3n) is 4.14. The lowest BCUT2D eigenvalue weighted by molar-refractivity contribution is -0.384. The Bertz CT molecular complexity index is 574. The van der Waals surface area contributed by atoms with Gasteiger partial charge in [-0.2, -0.15) is 0 Å². The average Bonchev–Trinajstić information content (AvgIpc) is 2.53. The number of carbonyl (C=O) groups excluding carboxylic acids is 1. The van der Waals surface area contributed by atoms with Crippen molar-refractivity contribution in [3.8, 4) is 0 Å². The van der Waals surface area contributed by atoms with Crippen LogP contribution >= 0.6 is 0 Å². The minimum Gasteiger partial charge on any atom is -0.393 e. The van der Waals surface area contributed by atoms with Gasteiger partial charge in [0.15, 0.2) is 0 Å². The van der Waals surface area contributed by atoms with Crippen molar-refractivity contribution in [3.05, 3.63) is 33.9 Å². The van der Waals surface area contributed by atoms with E-state index in [9.17, 15) is 20.0 Å². The van der Waals surface area contributed by atoms with Crippen LogP contribution in [0.15, 0.2) is 18.2 Å². The van der Waals surface area contributed by atoms with Crippen molar-refractivity contribution in [2.24, 2.45) is 5.92 Å². The molecular formula is C15H21N3O4. The zero-order valence-electron chi connectivity index (χ0n) is 12.8. The number of piperidine rings is 1. The Balaban J connectivity index is 2.33. The lowest BCUT2D eigenvalue weighted by Crippen LogP contribution is -2.39. The van der Waals surface area contributed by atoms with Crippen LogP contribution in [0.5, 0.6) is 0 Å². The molecule has 2 rings (SSSR count). The lowest BCUT2D eigenvalue weighted by Gasteiger charge is -2.35. The van der Waals surface area contributed by atoms with Crippen LogP contribution in [0.25, 0.3) is 0 Å². The van der Waals surface area contributed by atoms with Gasteiger partial charge in [0.25, 0.3) is 11.6 Å². The molecule has 1 heterocycles. The van der Waals surface area contributed by atoms with Crippen molar-refractivity contribution >= 4 is 17.3 Å². The van der Waals surface area contributed by atoms with Crippen molar-refractivity contribution in [1.82, 2.24) is 5.32 Å². The Labute approximate surface area is 129 Å². The molecule has 2 atom stereocenters. The monoisotopic (exact) mass is 307 g/mol. The maximum Gasteiger partial charge on any atom is 0.293 e. The highest BCUT2D eigenvalue weighted by Crippen LogP contribution is 2.33. The fourth-order valence-electron chi connectivity index (χ4n) is 2.85. The second-order valence-corrected chi connectivity index (χ2v) is 5.63. The summed E-state index contributed by atoms with van der Waals surface area (Å²) >= 11 is 0. The molecule has 1 aliphatic heterocycles. The third-order valence-corrected chi connectivity index (χ3v) is 4.14. The minimum absolute atomic E-state index is 0.0765. The molecule has 1 aromatic rings. The summed E-state index contributed by atoms with van der Waals surface area (Å²) in [6.07, 6.45) is 1.36. The molecule has 0 spiro atoms. The summed E-state index contributed by atoms with van der Waals surface area (Å²) in [4.78, 5) is 24.4. The van der Waals surface area contributed by atoms with Crippen LogP contribution in [0.1, 0.15) is 30.1 Å². The van der Waals surface area contributed by atoms with Crippen LogP contribution in [-0.4, -0.2) is 42.2 Å². The van der Waals surface area contributed by atoms with Crippen LogP contribution in [0.3, 0.4) is 0 Å². The van der Waals surface area contributed by atoms with Gasteiger partial charge in [-0.3, -0.25) is 14.9 Å². The Morgan fingerprint density at radius 1 is 1.55 bits per heavy atom. The second kappa shape index (κ2) is 6.74. The first-order valence-electron chi connectivity index (χ1n) is 7.37. The van der Waals surface area contributed by atoms with Crippen LogP contribution in [0.4, 0.5) is 11.4 Å². The molecule has 0 radical (unpaired) electrons. The van der Waals surface area contributed by atoms with Crippen molar-refractivity contribution in [3.63, 3.8) is 0 Å². The first-order chi connectivity index (χ1) is 10.4. The van der Waals surface area contributed by atoms with Crippen LogP contribution < -0.4 is 10.2 Å². The number of amides is 1. The molecule has 2 unspecified atom stereocenters. The van der Waals surface area contributed by atoms with Crippen LogP contribution in [0.2, 0.25) is 0 Å². The summed E-state index contributed by atoms with van der Waals surface area (Å²) < 4.78 is 0. The maximum atomic E-state index is 11.6. The molecule has 120 valence electrons. The summed E-state index contributed by atoms with van der Waals surface area (Å²) in [5.41, 5.74) is 0.692. The number of aliphatic hydroxyl groups is 1. The minimum atomic E-state index is -0.465. The Hall–Kier alpha value is -2.15. The molecule has 1 aliphatic rings. The number of benzene rings is 1. The Morgan fingerprint density at radius 2 is 2.27 bits per heavy atom. The van der Waals surface area contributed by atoms with E-state index in [1.54, 1.807) is 19.1 Å². The molecule has 2 N–H and O–H groups in total. The molecule has 22 heavy (non-hydrogen) atoms. The van der Waals surface area contributed by atoms with Gasteiger partial charge in [-0.1, -0.05) is 0 Å². The van der Waals surface area contributed by atoms with E-state index in [1.807, 2.05) is 4.90 Å². The second-order valence-electron chi connectivity index (χ2n) is 5.63. The summed E-state index contributed by atoms with van der Waals surface area (Å²) in [6, 6.07) is 4.51. The van der Waals surface area contributed by atoms with Crippen LogP contribution in [0, 0.1) is 16.0 Å². The molecule has 0 aromatic heterocycles. The van der Waals surface area contributed by atoms with Gasteiger partial charge < -0.3 is 15.3 Å². The molecule has 0 aliphatic carbocycles. The lowest BCUT2D eigenvalue weighted by atomic mass is 9.93. The Kier molecular flexibility index (Phi) is 4.97. The van der Waals surface area contributed by atoms with E-state index in [0.29, 0.717) is 18.8 Å². The van der Waals surface area contributed by atoms with E-state index >= 15 is 0 Å². The van der Waals surface area contributed by atoms with Gasteiger partial charge in [0, 0.05) is 37.7 Å². The topological polar surface area (TPSA) is 95.7 Å². The first kappa shape index (κ1) is 16.2. The van der Waals surface area contributed by atoms with Gasteiger partial charge in [0.1, 0.15) is 5.69 Å². The molecule has 0 bridgehead atoms. The molecule has 1 amide bonds. The maximum absolute atomic E-state index is 11.6. The predicted octanol–water partition coefficient (Wildman–Crippen LogP) is 1.55. The van der Waals surface area contributed by atoms with Gasteiger partial charge in [-0.05, 0) is 31.9 Å². The van der Waals surface area contributed by atoms with Crippen molar-refractivity contribution in [2.75, 3.05) is 25.0 Å². The standard InChI is InChI=1S/C15H21N3O4/c1-10(19)12-4-3-7-17(9-12)13-6-5-11(15(20)16-2)8-14(13)18(21)22/h5-6,8,10,12,19H,3-4,7,9H2,1-2H3,(H,16,20). The van der Waals surface area contributed by atoms with Crippen molar-refractivity contribution in [1.29, 1.82) is 0 Å². The smallest absolute Gasteiger partial charge is 0.293 e. The van der Waals surface area contributed by atoms with E-state index in [4.69, 9.17) is 0 Å². The van der Waals surface area contributed by atoms with E-state index in [2.05, 4.69) is 5.32 Å². The summed E-state index contributed by atoms with van der Waals surface area (Å²) in [5.74, 6) is -0.248.